The minimum absolute atomic E-state index is 0.657. The van der Waals surface area contributed by atoms with Crippen LogP contribution in [0.4, 0.5) is 0 Å². The van der Waals surface area contributed by atoms with Crippen molar-refractivity contribution in [3.05, 3.63) is 304 Å². The molecule has 0 unspecified atom stereocenters. The molecule has 0 atom stereocenters. The number of hydrogen-bond donors (Lipinski definition) is 0. The van der Waals surface area contributed by atoms with Crippen molar-refractivity contribution in [3.63, 3.8) is 0 Å². The molecule has 4 aliphatic carbocycles. The third kappa shape index (κ3) is 15.2. The van der Waals surface area contributed by atoms with Crippen LogP contribution in [-0.4, -0.2) is 0 Å². The Hall–Kier alpha value is -9.64. The van der Waals surface area contributed by atoms with Crippen LogP contribution in [0.15, 0.2) is 170 Å². The van der Waals surface area contributed by atoms with Crippen molar-refractivity contribution in [1.82, 2.24) is 0 Å². The number of hydrogen-bond acceptors (Lipinski definition) is 0. The number of benzene rings is 8. The first-order valence-electron chi connectivity index (χ1n) is 40.3. The largest absolute Gasteiger partial charge is 0.213 e. The van der Waals surface area contributed by atoms with Crippen LogP contribution in [0.5, 0.6) is 0 Å². The summed E-state index contributed by atoms with van der Waals surface area (Å²) >= 11 is 0. The molecule has 12 aromatic rings. The van der Waals surface area contributed by atoms with Crippen LogP contribution in [0.2, 0.25) is 0 Å². The quantitative estimate of drug-likeness (QED) is 0.108. The molecular formula is C104H120N4+4. The molecule has 0 saturated carbocycles. The molecule has 552 valence electrons. The highest BCUT2D eigenvalue weighted by atomic mass is 14.9. The summed E-state index contributed by atoms with van der Waals surface area (Å²) in [6, 6.07) is 55.9. The first-order valence-corrected chi connectivity index (χ1v) is 40.3. The van der Waals surface area contributed by atoms with Gasteiger partial charge in [0.15, 0.2) is 24.8 Å². The van der Waals surface area contributed by atoms with E-state index < -0.39 is 0 Å². The van der Waals surface area contributed by atoms with Gasteiger partial charge in [0.25, 0.3) is 0 Å². The summed E-state index contributed by atoms with van der Waals surface area (Å²) in [6.07, 6.45) is 17.8. The lowest BCUT2D eigenvalue weighted by Crippen LogP contribution is -2.32. The molecule has 4 aliphatic rings. The highest BCUT2D eigenvalue weighted by Crippen LogP contribution is 2.49. The maximum atomic E-state index is 2.45. The van der Waals surface area contributed by atoms with E-state index in [-0.39, 0.29) is 0 Å². The summed E-state index contributed by atoms with van der Waals surface area (Å²) in [5, 5.41) is 0. The Morgan fingerprint density at radius 2 is 0.611 bits per heavy atom. The zero-order valence-electron chi connectivity index (χ0n) is 69.9. The van der Waals surface area contributed by atoms with Crippen LogP contribution in [0.1, 0.15) is 189 Å². The van der Waals surface area contributed by atoms with Gasteiger partial charge >= 0.3 is 0 Å². The van der Waals surface area contributed by atoms with Gasteiger partial charge in [0.2, 0.25) is 22.8 Å². The summed E-state index contributed by atoms with van der Waals surface area (Å²) in [5.41, 5.74) is 56.7. The molecule has 0 bridgehead atoms. The molecule has 4 aromatic heterocycles. The first-order chi connectivity index (χ1) is 51.4. The molecule has 16 rings (SSSR count). The van der Waals surface area contributed by atoms with Gasteiger partial charge in [-0.2, -0.15) is 0 Å². The normalized spacial score (nSPS) is 12.4. The molecular weight excluding hydrogens is 1310 g/mol. The van der Waals surface area contributed by atoms with Crippen molar-refractivity contribution in [3.8, 4) is 89.5 Å². The minimum atomic E-state index is 0.657. The number of aromatic nitrogens is 4. The van der Waals surface area contributed by atoms with E-state index in [1.165, 1.54) is 223 Å². The van der Waals surface area contributed by atoms with Crippen LogP contribution >= 0.6 is 0 Å². The van der Waals surface area contributed by atoms with E-state index in [0.29, 0.717) is 23.7 Å². The summed E-state index contributed by atoms with van der Waals surface area (Å²) < 4.78 is 9.18. The van der Waals surface area contributed by atoms with Crippen LogP contribution < -0.4 is 18.3 Å². The zero-order chi connectivity index (χ0) is 77.2. The van der Waals surface area contributed by atoms with Crippen LogP contribution in [0.3, 0.4) is 0 Å². The van der Waals surface area contributed by atoms with E-state index in [4.69, 9.17) is 0 Å². The number of pyridine rings is 4. The molecule has 0 fully saturated rings. The fourth-order valence-electron chi connectivity index (χ4n) is 18.3. The van der Waals surface area contributed by atoms with E-state index in [1.807, 2.05) is 0 Å². The highest BCUT2D eigenvalue weighted by molar-refractivity contribution is 5.90. The van der Waals surface area contributed by atoms with Crippen molar-refractivity contribution in [1.29, 1.82) is 0 Å². The number of rotatable bonds is 12. The average molecular weight is 1430 g/mol. The lowest BCUT2D eigenvalue weighted by atomic mass is 9.86. The number of fused-ring (bicyclic) bond motifs is 12. The Morgan fingerprint density at radius 3 is 1.10 bits per heavy atom. The molecule has 8 aromatic carbocycles. The molecule has 0 N–H and O–H groups in total. The maximum Gasteiger partial charge on any atom is 0.213 e. The Labute approximate surface area is 649 Å². The number of nitrogens with zero attached hydrogens (tertiary/aromatic N) is 4. The minimum Gasteiger partial charge on any atom is -0.201 e. The monoisotopic (exact) mass is 1420 g/mol. The molecule has 0 spiro atoms. The topological polar surface area (TPSA) is 15.5 Å². The summed E-state index contributed by atoms with van der Waals surface area (Å²) in [5.74, 6) is 2.71. The SMILES string of the molecule is Cc1cc(-c2c(C)cc(CC(C)C)c3c2Cc2ccccc2-3)[n+](C)cc1C.Cc1cc(-c2c(C)ccc3c2Cc2cc(CC(C)C)ccc2-3)[n+](C)cc1C.Cc1cc(-c2c(C)ccc3c2Cc2ccc(CC(C)C)cc2-3)[n+](C)cc1C.Cc1cc(-c2c(C)ccc3c2Cc2cccc(CC(C)C)c2-3)[n+](C)cc1C. The Bertz CT molecular complexity index is 5530. The van der Waals surface area contributed by atoms with Gasteiger partial charge in [-0.3, -0.25) is 0 Å². The van der Waals surface area contributed by atoms with Gasteiger partial charge < -0.3 is 0 Å². The van der Waals surface area contributed by atoms with Gasteiger partial charge in [-0.1, -0.05) is 177 Å². The molecule has 4 heterocycles. The molecule has 0 radical (unpaired) electrons. The predicted molar refractivity (Wildman–Crippen MR) is 456 cm³/mol. The fourth-order valence-corrected chi connectivity index (χ4v) is 18.3. The Morgan fingerprint density at radius 1 is 0.241 bits per heavy atom. The van der Waals surface area contributed by atoms with Gasteiger partial charge in [-0.25, -0.2) is 18.3 Å². The van der Waals surface area contributed by atoms with E-state index in [9.17, 15) is 0 Å². The van der Waals surface area contributed by atoms with Crippen molar-refractivity contribution < 1.29 is 18.3 Å². The van der Waals surface area contributed by atoms with Crippen molar-refractivity contribution >= 4 is 0 Å². The zero-order valence-corrected chi connectivity index (χ0v) is 69.9. The second-order valence-electron chi connectivity index (χ2n) is 34.7. The van der Waals surface area contributed by atoms with E-state index in [0.717, 1.165) is 51.4 Å². The standard InChI is InChI=1S/4C26H30N/c1-16(2)11-20-8-9-21-14-24-22(23(21)13-20)10-7-17(3)26(24)25-12-18(4)19(5)15-27(25)6;1-16(2)11-20-8-10-22-21(13-20)14-24-23(22)9-7-17(3)26(24)25-12-18(4)19(5)15-27(25)6;1-16(2)12-20-8-7-9-21-14-23-22(26(20)21)11-10-17(3)25(23)24-13-18(4)19(5)15-27(24)6;1-16(2)11-21-12-18(4)25(24-13-17(3)19(5)15-27(24)6)23-14-20-9-7-8-10-22(20)26(21)23/h2*7-10,12-13,15-16H,11,14H2,1-6H3;7-11,13,15-16H,12,14H2,1-6H3;7-10,12-13,15-16H,11,14H2,1-6H3/q4*+1. The van der Waals surface area contributed by atoms with Gasteiger partial charge in [-0.15, -0.1) is 0 Å². The van der Waals surface area contributed by atoms with Crippen LogP contribution in [0.25, 0.3) is 89.5 Å². The van der Waals surface area contributed by atoms with Crippen LogP contribution in [0, 0.1) is 107 Å². The molecule has 108 heavy (non-hydrogen) atoms. The average Bonchev–Trinajstić information content (AvgIpc) is 1.60. The van der Waals surface area contributed by atoms with Crippen molar-refractivity contribution in [2.24, 2.45) is 51.9 Å². The Balaban J connectivity index is 0.000000127. The van der Waals surface area contributed by atoms with Crippen molar-refractivity contribution in [2.75, 3.05) is 0 Å². The van der Waals surface area contributed by atoms with E-state index in [1.54, 1.807) is 0 Å². The molecule has 0 saturated heterocycles. The predicted octanol–water partition coefficient (Wildman–Crippen LogP) is 23.5. The lowest BCUT2D eigenvalue weighted by Gasteiger charge is -2.18. The molecule has 0 amide bonds. The molecule has 4 nitrogen and oxygen atoms in total. The summed E-state index contributed by atoms with van der Waals surface area (Å²) in [7, 11) is 8.69. The van der Waals surface area contributed by atoms with E-state index in [2.05, 4.69) is 355 Å². The molecule has 0 aliphatic heterocycles. The maximum absolute atomic E-state index is 2.45. The van der Waals surface area contributed by atoms with Gasteiger partial charge in [0, 0.05) is 46.5 Å². The fraction of sp³-hybridized carbons (Fsp3) is 0.346. The smallest absolute Gasteiger partial charge is 0.201 e. The highest BCUT2D eigenvalue weighted by Gasteiger charge is 2.34. The van der Waals surface area contributed by atoms with Gasteiger partial charge in [0.05, 0.1) is 22.3 Å². The first kappa shape index (κ1) is 76.6. The molecule has 4 heteroatoms. The third-order valence-electron chi connectivity index (χ3n) is 24.0. The number of aryl methyl sites for hydroxylation is 16. The van der Waals surface area contributed by atoms with Crippen LogP contribution in [-0.2, 0) is 79.6 Å². The third-order valence-corrected chi connectivity index (χ3v) is 24.0. The lowest BCUT2D eigenvalue weighted by molar-refractivity contribution is -0.660. The van der Waals surface area contributed by atoms with E-state index >= 15 is 0 Å². The summed E-state index contributed by atoms with van der Waals surface area (Å²) in [4.78, 5) is 0. The second-order valence-corrected chi connectivity index (χ2v) is 34.7. The Kier molecular flexibility index (Phi) is 22.1. The second kappa shape index (κ2) is 31.1. The van der Waals surface area contributed by atoms with Gasteiger partial charge in [0.1, 0.15) is 28.2 Å². The van der Waals surface area contributed by atoms with Crippen molar-refractivity contribution in [2.45, 2.75) is 190 Å². The summed E-state index contributed by atoms with van der Waals surface area (Å²) in [6.45, 7) is 45.1. The van der Waals surface area contributed by atoms with Gasteiger partial charge in [-0.05, 0) is 314 Å².